The number of imidazole rings is 1. The number of aryl methyl sites for hydroxylation is 1. The van der Waals surface area contributed by atoms with E-state index in [1.54, 1.807) is 0 Å². The highest BCUT2D eigenvalue weighted by Gasteiger charge is 2.09. The van der Waals surface area contributed by atoms with Crippen molar-refractivity contribution in [1.82, 2.24) is 9.97 Å². The average molecular weight is 351 g/mol. The Morgan fingerprint density at radius 1 is 0.889 bits per heavy atom. The maximum atomic E-state index is 4.71. The summed E-state index contributed by atoms with van der Waals surface area (Å²) >= 11 is 0. The van der Waals surface area contributed by atoms with Crippen LogP contribution in [0.3, 0.4) is 0 Å². The maximum absolute atomic E-state index is 4.71. The standard InChI is InChI=1S/C24H21N3/c1-17-8-10-18(11-9-17)12-13-19-16-20(14-15-23(19)27(2)3)24-25-21-6-4-5-7-22(21)26-24/h4-11,14-16H,1-3H3,(H,25,26). The highest BCUT2D eigenvalue weighted by atomic mass is 15.1. The largest absolute Gasteiger partial charge is 0.377 e. The van der Waals surface area contributed by atoms with Crippen LogP contribution in [0.2, 0.25) is 0 Å². The van der Waals surface area contributed by atoms with Crippen LogP contribution in [0, 0.1) is 18.8 Å². The number of nitrogens with zero attached hydrogens (tertiary/aromatic N) is 2. The molecule has 3 aromatic carbocycles. The fourth-order valence-corrected chi connectivity index (χ4v) is 3.04. The number of rotatable bonds is 2. The molecule has 0 saturated heterocycles. The van der Waals surface area contributed by atoms with Gasteiger partial charge in [0.05, 0.1) is 16.7 Å². The topological polar surface area (TPSA) is 31.9 Å². The van der Waals surface area contributed by atoms with Gasteiger partial charge in [0.2, 0.25) is 0 Å². The molecule has 0 saturated carbocycles. The van der Waals surface area contributed by atoms with Crippen molar-refractivity contribution in [3.05, 3.63) is 83.4 Å². The van der Waals surface area contributed by atoms with Crippen molar-refractivity contribution in [3.63, 3.8) is 0 Å². The molecule has 0 radical (unpaired) electrons. The van der Waals surface area contributed by atoms with Crippen molar-refractivity contribution in [2.75, 3.05) is 19.0 Å². The lowest BCUT2D eigenvalue weighted by Gasteiger charge is -2.15. The number of benzene rings is 3. The Morgan fingerprint density at radius 2 is 1.67 bits per heavy atom. The van der Waals surface area contributed by atoms with Gasteiger partial charge in [-0.2, -0.15) is 0 Å². The second-order valence-electron chi connectivity index (χ2n) is 6.84. The molecule has 132 valence electrons. The minimum atomic E-state index is 0.861. The van der Waals surface area contributed by atoms with E-state index in [2.05, 4.69) is 71.1 Å². The third kappa shape index (κ3) is 3.56. The normalized spacial score (nSPS) is 10.5. The molecule has 3 nitrogen and oxygen atoms in total. The van der Waals surface area contributed by atoms with Gasteiger partial charge in [-0.3, -0.25) is 0 Å². The Hall–Kier alpha value is -3.51. The molecular weight excluding hydrogens is 330 g/mol. The molecule has 4 rings (SSSR count). The SMILES string of the molecule is Cc1ccc(C#Cc2cc(-c3nc4ccccc4[nH]3)ccc2N(C)C)cc1. The van der Waals surface area contributed by atoms with Crippen LogP contribution in [0.4, 0.5) is 5.69 Å². The number of para-hydroxylation sites is 2. The first-order valence-electron chi connectivity index (χ1n) is 8.95. The molecule has 27 heavy (non-hydrogen) atoms. The summed E-state index contributed by atoms with van der Waals surface area (Å²) in [4.78, 5) is 10.2. The van der Waals surface area contributed by atoms with Gasteiger partial charge < -0.3 is 9.88 Å². The van der Waals surface area contributed by atoms with Crippen molar-refractivity contribution in [2.45, 2.75) is 6.92 Å². The predicted molar refractivity (Wildman–Crippen MR) is 113 cm³/mol. The van der Waals surface area contributed by atoms with Crippen molar-refractivity contribution in [3.8, 4) is 23.2 Å². The summed E-state index contributed by atoms with van der Waals surface area (Å²) in [6.45, 7) is 2.08. The Morgan fingerprint density at radius 3 is 2.41 bits per heavy atom. The molecule has 0 unspecified atom stereocenters. The minimum Gasteiger partial charge on any atom is -0.377 e. The van der Waals surface area contributed by atoms with E-state index < -0.39 is 0 Å². The van der Waals surface area contributed by atoms with Crippen LogP contribution in [0.15, 0.2) is 66.7 Å². The van der Waals surface area contributed by atoms with Gasteiger partial charge in [-0.1, -0.05) is 41.7 Å². The van der Waals surface area contributed by atoms with Gasteiger partial charge in [-0.05, 0) is 49.4 Å². The monoisotopic (exact) mass is 351 g/mol. The minimum absolute atomic E-state index is 0.861. The van der Waals surface area contributed by atoms with Gasteiger partial charge in [0, 0.05) is 30.8 Å². The molecule has 1 heterocycles. The average Bonchev–Trinajstić information content (AvgIpc) is 3.11. The summed E-state index contributed by atoms with van der Waals surface area (Å²) in [6.07, 6.45) is 0. The van der Waals surface area contributed by atoms with E-state index in [0.29, 0.717) is 0 Å². The molecule has 4 aromatic rings. The van der Waals surface area contributed by atoms with Crippen LogP contribution >= 0.6 is 0 Å². The van der Waals surface area contributed by atoms with E-state index in [1.165, 1.54) is 5.56 Å². The first kappa shape index (κ1) is 16.9. The number of hydrogen-bond donors (Lipinski definition) is 1. The smallest absolute Gasteiger partial charge is 0.138 e. The number of H-pyrrole nitrogens is 1. The molecule has 0 aliphatic carbocycles. The quantitative estimate of drug-likeness (QED) is 0.515. The second kappa shape index (κ2) is 7.01. The lowest BCUT2D eigenvalue weighted by Crippen LogP contribution is -2.10. The number of anilines is 1. The lowest BCUT2D eigenvalue weighted by molar-refractivity contribution is 1.13. The van der Waals surface area contributed by atoms with Crippen LogP contribution < -0.4 is 4.90 Å². The van der Waals surface area contributed by atoms with E-state index in [1.807, 2.05) is 38.4 Å². The number of hydrogen-bond acceptors (Lipinski definition) is 2. The molecule has 0 spiro atoms. The van der Waals surface area contributed by atoms with Crippen molar-refractivity contribution in [2.24, 2.45) is 0 Å². The molecule has 0 aliphatic heterocycles. The van der Waals surface area contributed by atoms with E-state index >= 15 is 0 Å². The van der Waals surface area contributed by atoms with Gasteiger partial charge >= 0.3 is 0 Å². The molecule has 0 aliphatic rings. The first-order valence-corrected chi connectivity index (χ1v) is 8.95. The summed E-state index contributed by atoms with van der Waals surface area (Å²) in [5.74, 6) is 7.48. The van der Waals surface area contributed by atoms with Gasteiger partial charge in [0.15, 0.2) is 0 Å². The predicted octanol–water partition coefficient (Wildman–Crippen LogP) is 5.00. The van der Waals surface area contributed by atoms with E-state index in [9.17, 15) is 0 Å². The highest BCUT2D eigenvalue weighted by molar-refractivity contribution is 5.80. The van der Waals surface area contributed by atoms with E-state index in [-0.39, 0.29) is 0 Å². The molecule has 1 aromatic heterocycles. The Kier molecular flexibility index (Phi) is 4.40. The Labute approximate surface area is 159 Å². The zero-order chi connectivity index (χ0) is 18.8. The van der Waals surface area contributed by atoms with Gasteiger partial charge in [-0.25, -0.2) is 4.98 Å². The summed E-state index contributed by atoms with van der Waals surface area (Å²) < 4.78 is 0. The molecule has 1 N–H and O–H groups in total. The zero-order valence-corrected chi connectivity index (χ0v) is 15.7. The molecular formula is C24H21N3. The summed E-state index contributed by atoms with van der Waals surface area (Å²) in [5, 5.41) is 0. The Bertz CT molecular complexity index is 1120. The van der Waals surface area contributed by atoms with E-state index in [4.69, 9.17) is 4.98 Å². The first-order chi connectivity index (χ1) is 13.1. The fraction of sp³-hybridized carbons (Fsp3) is 0.125. The molecule has 3 heteroatoms. The molecule has 0 bridgehead atoms. The van der Waals surface area contributed by atoms with Crippen LogP contribution in [-0.4, -0.2) is 24.1 Å². The number of fused-ring (bicyclic) bond motifs is 1. The zero-order valence-electron chi connectivity index (χ0n) is 15.7. The van der Waals surface area contributed by atoms with Crippen molar-refractivity contribution < 1.29 is 0 Å². The lowest BCUT2D eigenvalue weighted by atomic mass is 10.1. The third-order valence-corrected chi connectivity index (χ3v) is 4.53. The highest BCUT2D eigenvalue weighted by Crippen LogP contribution is 2.26. The number of aromatic amines is 1. The summed E-state index contributed by atoms with van der Waals surface area (Å²) in [6, 6.07) is 22.6. The summed E-state index contributed by atoms with van der Waals surface area (Å²) in [7, 11) is 4.07. The maximum Gasteiger partial charge on any atom is 0.138 e. The number of nitrogens with one attached hydrogen (secondary N) is 1. The molecule has 0 fully saturated rings. The third-order valence-electron chi connectivity index (χ3n) is 4.53. The second-order valence-corrected chi connectivity index (χ2v) is 6.84. The van der Waals surface area contributed by atoms with Gasteiger partial charge in [0.25, 0.3) is 0 Å². The van der Waals surface area contributed by atoms with Crippen molar-refractivity contribution in [1.29, 1.82) is 0 Å². The number of aromatic nitrogens is 2. The van der Waals surface area contributed by atoms with Crippen LogP contribution in [-0.2, 0) is 0 Å². The summed E-state index contributed by atoms with van der Waals surface area (Å²) in [5.41, 5.74) is 7.37. The van der Waals surface area contributed by atoms with Crippen molar-refractivity contribution >= 4 is 16.7 Å². The van der Waals surface area contributed by atoms with Gasteiger partial charge in [0.1, 0.15) is 5.82 Å². The van der Waals surface area contributed by atoms with Crippen LogP contribution in [0.1, 0.15) is 16.7 Å². The van der Waals surface area contributed by atoms with Crippen LogP contribution in [0.25, 0.3) is 22.4 Å². The van der Waals surface area contributed by atoms with E-state index in [0.717, 1.165) is 39.2 Å². The molecule has 0 atom stereocenters. The van der Waals surface area contributed by atoms with Crippen LogP contribution in [0.5, 0.6) is 0 Å². The Balaban J connectivity index is 1.77. The molecule has 0 amide bonds. The fourth-order valence-electron chi connectivity index (χ4n) is 3.04. The van der Waals surface area contributed by atoms with Gasteiger partial charge in [-0.15, -0.1) is 0 Å².